The first-order chi connectivity index (χ1) is 15.9. The average Bonchev–Trinajstić information content (AvgIpc) is 3.22. The quantitative estimate of drug-likeness (QED) is 0.534. The van der Waals surface area contributed by atoms with Gasteiger partial charge in [0, 0.05) is 13.1 Å². The van der Waals surface area contributed by atoms with Crippen molar-refractivity contribution in [2.24, 2.45) is 7.05 Å². The molecule has 12 nitrogen and oxygen atoms in total. The summed E-state index contributed by atoms with van der Waals surface area (Å²) in [5.74, 6) is 0.218. The van der Waals surface area contributed by atoms with E-state index in [-0.39, 0.29) is 30.3 Å². The molecule has 3 heterocycles. The molecule has 0 bridgehead atoms. The minimum absolute atomic E-state index is 0.0101. The van der Waals surface area contributed by atoms with Crippen LogP contribution in [0.5, 0.6) is 5.75 Å². The van der Waals surface area contributed by atoms with Crippen LogP contribution in [0.25, 0.3) is 11.4 Å². The number of carbonyl (C=O) groups is 2. The minimum atomic E-state index is -1.03. The molecule has 13 heteroatoms. The Morgan fingerprint density at radius 1 is 1.18 bits per heavy atom. The lowest BCUT2D eigenvalue weighted by Gasteiger charge is -2.33. The highest BCUT2D eigenvalue weighted by atomic mass is 19.1. The van der Waals surface area contributed by atoms with Crippen LogP contribution in [-0.2, 0) is 11.8 Å². The number of urea groups is 1. The Morgan fingerprint density at radius 2 is 1.97 bits per heavy atom. The number of alkyl halides is 1. The number of anilines is 3. The van der Waals surface area contributed by atoms with Gasteiger partial charge in [0.05, 0.1) is 44.2 Å². The third-order valence-corrected chi connectivity index (χ3v) is 4.86. The fourth-order valence-electron chi connectivity index (χ4n) is 3.21. The summed E-state index contributed by atoms with van der Waals surface area (Å²) in [7, 11) is 4.46. The number of aryl methyl sites for hydroxylation is 1. The second-order valence-corrected chi connectivity index (χ2v) is 7.17. The van der Waals surface area contributed by atoms with Gasteiger partial charge in [0.15, 0.2) is 23.1 Å². The molecule has 0 radical (unpaired) electrons. The summed E-state index contributed by atoms with van der Waals surface area (Å²) >= 11 is 0. The van der Waals surface area contributed by atoms with Crippen molar-refractivity contribution in [2.45, 2.75) is 6.17 Å². The number of aromatic nitrogens is 5. The summed E-state index contributed by atoms with van der Waals surface area (Å²) in [5.41, 5.74) is 1.22. The van der Waals surface area contributed by atoms with Crippen molar-refractivity contribution < 1.29 is 23.5 Å². The zero-order valence-corrected chi connectivity index (χ0v) is 18.1. The SMILES string of the molecule is COC(=O)c1nnc(NC(=O)N2CC(F)C2)cc1Nc1cccc(-c2ncn(C)n2)c1OC. The predicted molar refractivity (Wildman–Crippen MR) is 115 cm³/mol. The van der Waals surface area contributed by atoms with Crippen LogP contribution in [0.15, 0.2) is 30.6 Å². The van der Waals surface area contributed by atoms with E-state index < -0.39 is 18.2 Å². The molecule has 0 atom stereocenters. The van der Waals surface area contributed by atoms with Crippen LogP contribution < -0.4 is 15.4 Å². The molecule has 4 rings (SSSR count). The number of methoxy groups -OCH3 is 2. The average molecular weight is 456 g/mol. The lowest BCUT2D eigenvalue weighted by atomic mass is 10.1. The number of carbonyl (C=O) groups excluding carboxylic acids is 2. The van der Waals surface area contributed by atoms with Gasteiger partial charge in [0.1, 0.15) is 12.5 Å². The molecule has 2 aromatic heterocycles. The van der Waals surface area contributed by atoms with E-state index in [4.69, 9.17) is 9.47 Å². The van der Waals surface area contributed by atoms with Crippen molar-refractivity contribution in [1.29, 1.82) is 0 Å². The Labute approximate surface area is 187 Å². The normalized spacial score (nSPS) is 13.3. The maximum absolute atomic E-state index is 13.0. The molecule has 3 aromatic rings. The lowest BCUT2D eigenvalue weighted by Crippen LogP contribution is -2.53. The summed E-state index contributed by atoms with van der Waals surface area (Å²) in [4.78, 5) is 30.0. The highest BCUT2D eigenvalue weighted by Crippen LogP contribution is 2.37. The number of benzene rings is 1. The number of esters is 1. The number of nitrogens with one attached hydrogen (secondary N) is 2. The number of halogens is 1. The van der Waals surface area contributed by atoms with Gasteiger partial charge in [-0.05, 0) is 12.1 Å². The monoisotopic (exact) mass is 456 g/mol. The fourth-order valence-corrected chi connectivity index (χ4v) is 3.21. The van der Waals surface area contributed by atoms with E-state index >= 15 is 0 Å². The molecule has 1 fully saturated rings. The number of nitrogens with zero attached hydrogens (tertiary/aromatic N) is 6. The van der Waals surface area contributed by atoms with Gasteiger partial charge in [0.25, 0.3) is 0 Å². The number of hydrogen-bond acceptors (Lipinski definition) is 9. The molecule has 1 saturated heterocycles. The largest absolute Gasteiger partial charge is 0.494 e. The summed E-state index contributed by atoms with van der Waals surface area (Å²) in [6.07, 6.45) is 0.531. The first-order valence-electron chi connectivity index (χ1n) is 9.85. The molecular formula is C20H21FN8O4. The molecule has 2 amide bonds. The van der Waals surface area contributed by atoms with Gasteiger partial charge >= 0.3 is 12.0 Å². The van der Waals surface area contributed by atoms with Crippen molar-refractivity contribution >= 4 is 29.2 Å². The Balaban J connectivity index is 1.67. The molecule has 33 heavy (non-hydrogen) atoms. The van der Waals surface area contributed by atoms with Crippen molar-refractivity contribution in [2.75, 3.05) is 37.9 Å². The summed E-state index contributed by atoms with van der Waals surface area (Å²) in [6, 6.07) is 6.20. The highest BCUT2D eigenvalue weighted by Gasteiger charge is 2.31. The topological polar surface area (TPSA) is 136 Å². The summed E-state index contributed by atoms with van der Waals surface area (Å²) < 4.78 is 25.0. The molecule has 0 saturated carbocycles. The van der Waals surface area contributed by atoms with E-state index in [0.717, 1.165) is 0 Å². The Bertz CT molecular complexity index is 1190. The second kappa shape index (κ2) is 9.06. The summed E-state index contributed by atoms with van der Waals surface area (Å²) in [6.45, 7) is 0.0202. The number of para-hydroxylation sites is 1. The van der Waals surface area contributed by atoms with E-state index in [0.29, 0.717) is 22.8 Å². The molecule has 172 valence electrons. The standard InChI is InChI=1S/C20H21FN8O4/c1-28-10-22-18(27-28)12-5-4-6-13(17(12)32-2)23-14-7-15(25-26-16(14)19(30)33-3)24-20(31)29-8-11(21)9-29/h4-7,10-11H,8-9H2,1-3H3,(H2,23,24,25,31). The van der Waals surface area contributed by atoms with E-state index in [1.807, 2.05) is 0 Å². The maximum Gasteiger partial charge on any atom is 0.360 e. The first-order valence-corrected chi connectivity index (χ1v) is 9.85. The number of likely N-dealkylation sites (tertiary alicyclic amines) is 1. The van der Waals surface area contributed by atoms with Crippen molar-refractivity contribution in [3.05, 3.63) is 36.3 Å². The molecule has 1 aliphatic heterocycles. The molecule has 1 aliphatic rings. The van der Waals surface area contributed by atoms with Crippen molar-refractivity contribution in [1.82, 2.24) is 29.9 Å². The van der Waals surface area contributed by atoms with Gasteiger partial charge < -0.3 is 19.7 Å². The molecular weight excluding hydrogens is 435 g/mol. The van der Waals surface area contributed by atoms with Crippen LogP contribution in [-0.4, -0.2) is 75.3 Å². The zero-order chi connectivity index (χ0) is 23.5. The van der Waals surface area contributed by atoms with E-state index in [9.17, 15) is 14.0 Å². The third kappa shape index (κ3) is 4.51. The number of rotatable bonds is 6. The van der Waals surface area contributed by atoms with Crippen LogP contribution in [0.4, 0.5) is 26.4 Å². The smallest absolute Gasteiger partial charge is 0.360 e. The lowest BCUT2D eigenvalue weighted by molar-refractivity contribution is 0.0594. The molecule has 0 aliphatic carbocycles. The molecule has 0 unspecified atom stereocenters. The van der Waals surface area contributed by atoms with Crippen LogP contribution in [0.2, 0.25) is 0 Å². The van der Waals surface area contributed by atoms with Gasteiger partial charge in [-0.3, -0.25) is 10.00 Å². The maximum atomic E-state index is 13.0. The number of hydrogen-bond donors (Lipinski definition) is 2. The van der Waals surface area contributed by atoms with Gasteiger partial charge in [-0.15, -0.1) is 10.2 Å². The van der Waals surface area contributed by atoms with Gasteiger partial charge in [-0.2, -0.15) is 5.10 Å². The molecule has 1 aromatic carbocycles. The van der Waals surface area contributed by atoms with E-state index in [1.54, 1.807) is 36.3 Å². The van der Waals surface area contributed by atoms with Gasteiger partial charge in [-0.25, -0.2) is 19.0 Å². The van der Waals surface area contributed by atoms with E-state index in [2.05, 4.69) is 30.9 Å². The first kappa shape index (κ1) is 21.9. The number of ether oxygens (including phenoxy) is 2. The molecule has 2 N–H and O–H groups in total. The van der Waals surface area contributed by atoms with Crippen LogP contribution in [0.1, 0.15) is 10.5 Å². The summed E-state index contributed by atoms with van der Waals surface area (Å²) in [5, 5.41) is 17.7. The third-order valence-electron chi connectivity index (χ3n) is 4.86. The fraction of sp³-hybridized carbons (Fsp3) is 0.300. The predicted octanol–water partition coefficient (Wildman–Crippen LogP) is 2.00. The zero-order valence-electron chi connectivity index (χ0n) is 18.1. The highest BCUT2D eigenvalue weighted by molar-refractivity contribution is 5.96. The van der Waals surface area contributed by atoms with E-state index in [1.165, 1.54) is 25.2 Å². The number of amides is 2. The van der Waals surface area contributed by atoms with Crippen LogP contribution in [0, 0.1) is 0 Å². The van der Waals surface area contributed by atoms with Crippen molar-refractivity contribution in [3.8, 4) is 17.1 Å². The Kier molecular flexibility index (Phi) is 6.02. The Hall–Kier alpha value is -4.29. The van der Waals surface area contributed by atoms with Crippen LogP contribution >= 0.6 is 0 Å². The Morgan fingerprint density at radius 3 is 2.61 bits per heavy atom. The molecule has 0 spiro atoms. The second-order valence-electron chi connectivity index (χ2n) is 7.17. The minimum Gasteiger partial charge on any atom is -0.494 e. The van der Waals surface area contributed by atoms with Gasteiger partial charge in [0.2, 0.25) is 0 Å². The van der Waals surface area contributed by atoms with Gasteiger partial charge in [-0.1, -0.05) is 6.07 Å². The van der Waals surface area contributed by atoms with Crippen LogP contribution in [0.3, 0.4) is 0 Å². The van der Waals surface area contributed by atoms with Crippen molar-refractivity contribution in [3.63, 3.8) is 0 Å².